The van der Waals surface area contributed by atoms with E-state index in [0.29, 0.717) is 5.71 Å². The quantitative estimate of drug-likeness (QED) is 0.143. The number of carbonyl (C=O) groups is 2. The van der Waals surface area contributed by atoms with Gasteiger partial charge in [0.05, 0.1) is 6.61 Å². The summed E-state index contributed by atoms with van der Waals surface area (Å²) in [6.07, 6.45) is 0.851. The van der Waals surface area contributed by atoms with Gasteiger partial charge >= 0.3 is 11.4 Å². The number of esters is 1. The second-order valence-electron chi connectivity index (χ2n) is 3.71. The number of hydrazone groups is 1. The van der Waals surface area contributed by atoms with Gasteiger partial charge < -0.3 is 4.74 Å². The highest BCUT2D eigenvalue weighted by Crippen LogP contribution is 2.24. The molecule has 0 fully saturated rings. The first-order chi connectivity index (χ1) is 8.59. The van der Waals surface area contributed by atoms with E-state index in [0.717, 1.165) is 11.2 Å². The van der Waals surface area contributed by atoms with Crippen molar-refractivity contribution in [3.63, 3.8) is 0 Å². The Morgan fingerprint density at radius 2 is 1.95 bits per heavy atom. The van der Waals surface area contributed by atoms with Gasteiger partial charge in [0, 0.05) is 19.0 Å². The van der Waals surface area contributed by atoms with Crippen LogP contribution in [0.2, 0.25) is 0 Å². The molecule has 0 aliphatic heterocycles. The van der Waals surface area contributed by atoms with Crippen molar-refractivity contribution in [2.75, 3.05) is 13.7 Å². The van der Waals surface area contributed by atoms with Crippen LogP contribution in [0.25, 0.3) is 0 Å². The lowest BCUT2D eigenvalue weighted by atomic mass is 10.2. The molecule has 0 aromatic heterocycles. The standard InChI is InChI=1S/C11H15ClF2N2O3/c1-5-19-10(18)8(9(17)11(12,13)14)6-16(4)15-7(2)3/h6H,5H2,1-4H3/b8-6+. The van der Waals surface area contributed by atoms with E-state index in [9.17, 15) is 18.4 Å². The number of rotatable bonds is 6. The molecule has 0 rings (SSSR count). The predicted molar refractivity (Wildman–Crippen MR) is 67.1 cm³/mol. The molecule has 0 spiro atoms. The van der Waals surface area contributed by atoms with Crippen LogP contribution in [-0.2, 0) is 14.3 Å². The molecule has 0 atom stereocenters. The zero-order valence-electron chi connectivity index (χ0n) is 11.0. The highest BCUT2D eigenvalue weighted by molar-refractivity contribution is 6.38. The van der Waals surface area contributed by atoms with Crippen LogP contribution in [0.15, 0.2) is 16.9 Å². The Morgan fingerprint density at radius 3 is 2.32 bits per heavy atom. The highest BCUT2D eigenvalue weighted by atomic mass is 35.5. The van der Waals surface area contributed by atoms with Gasteiger partial charge in [-0.25, -0.2) is 4.79 Å². The first-order valence-electron chi connectivity index (χ1n) is 5.34. The van der Waals surface area contributed by atoms with Crippen LogP contribution in [0.1, 0.15) is 20.8 Å². The SMILES string of the molecule is CCOC(=O)/C(=C/N(C)N=C(C)C)C(=O)C(F)(F)Cl. The van der Waals surface area contributed by atoms with Gasteiger partial charge in [-0.2, -0.15) is 13.9 Å². The number of ketones is 1. The van der Waals surface area contributed by atoms with Crippen molar-refractivity contribution < 1.29 is 23.1 Å². The number of nitrogens with zero attached hydrogens (tertiary/aromatic N) is 2. The largest absolute Gasteiger partial charge is 0.462 e. The second kappa shape index (κ2) is 7.18. The summed E-state index contributed by atoms with van der Waals surface area (Å²) in [5.74, 6) is -3.01. The summed E-state index contributed by atoms with van der Waals surface area (Å²) in [5.41, 5.74) is -0.263. The number of carbonyl (C=O) groups excluding carboxylic acids is 2. The Bertz CT molecular complexity index is 413. The Balaban J connectivity index is 5.41. The molecule has 5 nitrogen and oxygen atoms in total. The van der Waals surface area contributed by atoms with Crippen molar-refractivity contribution in [3.8, 4) is 0 Å². The Morgan fingerprint density at radius 1 is 1.42 bits per heavy atom. The van der Waals surface area contributed by atoms with Crippen molar-refractivity contribution in [1.82, 2.24) is 5.01 Å². The third-order valence-corrected chi connectivity index (χ3v) is 1.84. The van der Waals surface area contributed by atoms with Crippen LogP contribution in [0.4, 0.5) is 8.78 Å². The van der Waals surface area contributed by atoms with E-state index >= 15 is 0 Å². The summed E-state index contributed by atoms with van der Waals surface area (Å²) < 4.78 is 30.1. The summed E-state index contributed by atoms with van der Waals surface area (Å²) in [6, 6.07) is 0. The van der Waals surface area contributed by atoms with Crippen molar-refractivity contribution in [2.24, 2.45) is 5.10 Å². The fourth-order valence-corrected chi connectivity index (χ4v) is 1.20. The van der Waals surface area contributed by atoms with Gasteiger partial charge in [0.2, 0.25) is 0 Å². The van der Waals surface area contributed by atoms with Gasteiger partial charge in [-0.1, -0.05) is 0 Å². The van der Waals surface area contributed by atoms with E-state index in [1.54, 1.807) is 13.8 Å². The molecule has 19 heavy (non-hydrogen) atoms. The third kappa shape index (κ3) is 6.28. The zero-order chi connectivity index (χ0) is 15.2. The average molecular weight is 297 g/mol. The van der Waals surface area contributed by atoms with E-state index in [2.05, 4.69) is 21.4 Å². The molecule has 0 saturated heterocycles. The normalized spacial score (nSPS) is 11.8. The van der Waals surface area contributed by atoms with Crippen molar-refractivity contribution in [2.45, 2.75) is 26.2 Å². The molecule has 0 amide bonds. The van der Waals surface area contributed by atoms with Crippen molar-refractivity contribution in [3.05, 3.63) is 11.8 Å². The molecule has 0 aliphatic rings. The molecule has 0 heterocycles. The maximum Gasteiger partial charge on any atom is 0.385 e. The number of halogens is 3. The number of alkyl halides is 3. The Hall–Kier alpha value is -1.50. The average Bonchev–Trinajstić information content (AvgIpc) is 2.22. The minimum absolute atomic E-state index is 0.0584. The summed E-state index contributed by atoms with van der Waals surface area (Å²) in [7, 11) is 1.38. The maximum atomic E-state index is 12.8. The molecule has 0 bridgehead atoms. The van der Waals surface area contributed by atoms with Crippen LogP contribution in [0.3, 0.4) is 0 Å². The molecule has 0 aromatic carbocycles. The number of hydrogen-bond acceptors (Lipinski definition) is 5. The zero-order valence-corrected chi connectivity index (χ0v) is 11.8. The molecule has 0 saturated carbocycles. The van der Waals surface area contributed by atoms with Crippen LogP contribution in [0, 0.1) is 0 Å². The van der Waals surface area contributed by atoms with E-state index < -0.39 is 22.7 Å². The monoisotopic (exact) mass is 296 g/mol. The molecule has 0 radical (unpaired) electrons. The molecule has 0 aromatic rings. The van der Waals surface area contributed by atoms with Crippen LogP contribution >= 0.6 is 11.6 Å². The molecule has 0 unspecified atom stereocenters. The number of ether oxygens (including phenoxy) is 1. The minimum Gasteiger partial charge on any atom is -0.462 e. The predicted octanol–water partition coefficient (Wildman–Crippen LogP) is 2.16. The van der Waals surface area contributed by atoms with Crippen LogP contribution < -0.4 is 0 Å². The van der Waals surface area contributed by atoms with Gasteiger partial charge in [0.15, 0.2) is 0 Å². The number of Topliss-reactive ketones (excluding diaryl/α,β-unsaturated/α-hetero) is 1. The van der Waals surface area contributed by atoms with Crippen LogP contribution in [-0.4, -0.2) is 41.5 Å². The molecular weight excluding hydrogens is 282 g/mol. The van der Waals surface area contributed by atoms with E-state index in [-0.39, 0.29) is 6.61 Å². The van der Waals surface area contributed by atoms with Crippen LogP contribution in [0.5, 0.6) is 0 Å². The number of hydrogen-bond donors (Lipinski definition) is 0. The fraction of sp³-hybridized carbons (Fsp3) is 0.545. The third-order valence-electron chi connectivity index (χ3n) is 1.67. The maximum absolute atomic E-state index is 12.8. The molecule has 0 aliphatic carbocycles. The summed E-state index contributed by atoms with van der Waals surface area (Å²) in [4.78, 5) is 22.9. The fourth-order valence-electron chi connectivity index (χ4n) is 1.10. The first-order valence-corrected chi connectivity index (χ1v) is 5.72. The minimum atomic E-state index is -4.18. The molecule has 0 N–H and O–H groups in total. The molecule has 8 heteroatoms. The van der Waals surface area contributed by atoms with Gasteiger partial charge in [-0.15, -0.1) is 0 Å². The summed E-state index contributed by atoms with van der Waals surface area (Å²) in [5, 5.41) is 0.731. The lowest BCUT2D eigenvalue weighted by Crippen LogP contribution is -2.29. The van der Waals surface area contributed by atoms with E-state index in [1.165, 1.54) is 14.0 Å². The van der Waals surface area contributed by atoms with E-state index in [1.807, 2.05) is 0 Å². The van der Waals surface area contributed by atoms with E-state index in [4.69, 9.17) is 0 Å². The van der Waals surface area contributed by atoms with Crippen molar-refractivity contribution >= 4 is 29.1 Å². The van der Waals surface area contributed by atoms with Gasteiger partial charge in [0.1, 0.15) is 5.57 Å². The van der Waals surface area contributed by atoms with Gasteiger partial charge in [-0.05, 0) is 32.4 Å². The first kappa shape index (κ1) is 17.5. The van der Waals surface area contributed by atoms with Gasteiger partial charge in [-0.3, -0.25) is 9.80 Å². The Labute approximate surface area is 114 Å². The Kier molecular flexibility index (Phi) is 6.61. The smallest absolute Gasteiger partial charge is 0.385 e. The summed E-state index contributed by atoms with van der Waals surface area (Å²) in [6.45, 7) is 4.74. The lowest BCUT2D eigenvalue weighted by Gasteiger charge is -2.13. The highest BCUT2D eigenvalue weighted by Gasteiger charge is 2.41. The molecule has 108 valence electrons. The van der Waals surface area contributed by atoms with Crippen molar-refractivity contribution in [1.29, 1.82) is 0 Å². The van der Waals surface area contributed by atoms with Gasteiger partial charge in [0.25, 0.3) is 5.78 Å². The lowest BCUT2D eigenvalue weighted by molar-refractivity contribution is -0.142. The second-order valence-corrected chi connectivity index (χ2v) is 4.19. The molecular formula is C11H15ClF2N2O3. The summed E-state index contributed by atoms with van der Waals surface area (Å²) >= 11 is 4.63. The topological polar surface area (TPSA) is 59.0 Å².